The number of ether oxygens (including phenoxy) is 2. The molecule has 1 amide bonds. The van der Waals surface area contributed by atoms with E-state index < -0.39 is 23.7 Å². The van der Waals surface area contributed by atoms with Crippen LogP contribution >= 0.6 is 11.6 Å². The van der Waals surface area contributed by atoms with Crippen LogP contribution in [0.15, 0.2) is 72.3 Å². The van der Waals surface area contributed by atoms with E-state index in [0.29, 0.717) is 28.6 Å². The molecule has 1 aliphatic rings. The first-order valence-electron chi connectivity index (χ1n) is 12.2. The van der Waals surface area contributed by atoms with E-state index in [2.05, 4.69) is 0 Å². The lowest BCUT2D eigenvalue weighted by atomic mass is 9.94. The zero-order valence-electron chi connectivity index (χ0n) is 21.5. The summed E-state index contributed by atoms with van der Waals surface area (Å²) in [5, 5.41) is 11.8. The average molecular weight is 534 g/mol. The Morgan fingerprint density at radius 1 is 1.03 bits per heavy atom. The first-order chi connectivity index (χ1) is 18.1. The molecule has 3 aromatic carbocycles. The molecule has 0 saturated carbocycles. The highest BCUT2D eigenvalue weighted by Gasteiger charge is 2.47. The third kappa shape index (κ3) is 5.29. The van der Waals surface area contributed by atoms with E-state index in [0.717, 1.165) is 5.56 Å². The van der Waals surface area contributed by atoms with Crippen molar-refractivity contribution >= 4 is 40.7 Å². The fourth-order valence-electron chi connectivity index (χ4n) is 4.39. The number of hydrogen-bond donors (Lipinski definition) is 1. The van der Waals surface area contributed by atoms with Gasteiger partial charge in [-0.15, -0.1) is 0 Å². The third-order valence-corrected chi connectivity index (χ3v) is 6.32. The van der Waals surface area contributed by atoms with Crippen LogP contribution < -0.4 is 9.64 Å². The monoisotopic (exact) mass is 533 g/mol. The highest BCUT2D eigenvalue weighted by Crippen LogP contribution is 2.43. The minimum atomic E-state index is -0.947. The topological polar surface area (TPSA) is 93.1 Å². The largest absolute Gasteiger partial charge is 0.507 e. The summed E-state index contributed by atoms with van der Waals surface area (Å²) in [7, 11) is 0. The number of Topliss-reactive ketones (excluding diaryl/α,β-unsaturated/α-hetero) is 1. The lowest BCUT2D eigenvalue weighted by molar-refractivity contribution is -0.132. The Morgan fingerprint density at radius 3 is 2.45 bits per heavy atom. The summed E-state index contributed by atoms with van der Waals surface area (Å²) < 4.78 is 10.9. The van der Waals surface area contributed by atoms with Crippen LogP contribution in [0.25, 0.3) is 5.76 Å². The molecule has 1 N–H and O–H groups in total. The van der Waals surface area contributed by atoms with Crippen molar-refractivity contribution in [2.24, 2.45) is 0 Å². The molecule has 8 heteroatoms. The Kier molecular flexibility index (Phi) is 7.88. The van der Waals surface area contributed by atoms with Crippen molar-refractivity contribution < 1.29 is 29.0 Å². The number of benzene rings is 3. The van der Waals surface area contributed by atoms with E-state index in [9.17, 15) is 19.5 Å². The second kappa shape index (κ2) is 11.1. The molecule has 0 radical (unpaired) electrons. The van der Waals surface area contributed by atoms with Gasteiger partial charge in [0.1, 0.15) is 11.5 Å². The van der Waals surface area contributed by atoms with Gasteiger partial charge in [0.25, 0.3) is 11.7 Å². The van der Waals surface area contributed by atoms with Gasteiger partial charge < -0.3 is 14.6 Å². The minimum absolute atomic E-state index is 0.0828. The Bertz CT molecular complexity index is 1440. The maximum atomic E-state index is 13.5. The van der Waals surface area contributed by atoms with E-state index in [4.69, 9.17) is 21.1 Å². The number of anilines is 1. The summed E-state index contributed by atoms with van der Waals surface area (Å²) >= 11 is 6.22. The third-order valence-electron chi connectivity index (χ3n) is 6.01. The Balaban J connectivity index is 1.90. The molecule has 1 fully saturated rings. The molecule has 1 atom stereocenters. The zero-order valence-corrected chi connectivity index (χ0v) is 22.3. The minimum Gasteiger partial charge on any atom is -0.507 e. The number of aliphatic hydroxyl groups excluding tert-OH is 1. The zero-order chi connectivity index (χ0) is 27.6. The van der Waals surface area contributed by atoms with Gasteiger partial charge in [-0.05, 0) is 69.7 Å². The van der Waals surface area contributed by atoms with Crippen LogP contribution in [-0.4, -0.2) is 35.5 Å². The van der Waals surface area contributed by atoms with E-state index in [1.54, 1.807) is 57.2 Å². The number of ketones is 1. The van der Waals surface area contributed by atoms with Crippen LogP contribution in [0, 0.1) is 6.92 Å². The molecule has 38 heavy (non-hydrogen) atoms. The number of nitrogens with zero attached hydrogens (tertiary/aromatic N) is 1. The van der Waals surface area contributed by atoms with Gasteiger partial charge in [0.15, 0.2) is 0 Å². The number of hydrogen-bond acceptors (Lipinski definition) is 6. The summed E-state index contributed by atoms with van der Waals surface area (Å²) in [6.07, 6.45) is -0.325. The lowest BCUT2D eigenvalue weighted by Gasteiger charge is -2.26. The van der Waals surface area contributed by atoms with Gasteiger partial charge in [-0.2, -0.15) is 0 Å². The molecule has 0 aliphatic carbocycles. The summed E-state index contributed by atoms with van der Waals surface area (Å²) in [5.41, 5.74) is 2.29. The van der Waals surface area contributed by atoms with Gasteiger partial charge >= 0.3 is 5.97 Å². The van der Waals surface area contributed by atoms with E-state index in [1.165, 1.54) is 17.0 Å². The number of carbonyl (C=O) groups excluding carboxylic acids is 3. The molecule has 0 spiro atoms. The molecule has 4 rings (SSSR count). The van der Waals surface area contributed by atoms with Crippen LogP contribution in [0.3, 0.4) is 0 Å². The number of esters is 1. The SMILES string of the molecule is CCOc1cc(/C(O)=C2\C(=O)C(=O)N(c3cccc(C(=O)OC(C)C)c3)C2c2cccc(C)c2)ccc1Cl. The Hall–Kier alpha value is -4.10. The summed E-state index contributed by atoms with van der Waals surface area (Å²) in [5.74, 6) is -2.24. The maximum absolute atomic E-state index is 13.5. The molecular weight excluding hydrogens is 506 g/mol. The van der Waals surface area contributed by atoms with Crippen molar-refractivity contribution in [3.05, 3.63) is 99.6 Å². The van der Waals surface area contributed by atoms with Crippen LogP contribution in [0.4, 0.5) is 5.69 Å². The molecule has 3 aromatic rings. The van der Waals surface area contributed by atoms with Crippen molar-refractivity contribution in [3.63, 3.8) is 0 Å². The molecule has 196 valence electrons. The average Bonchev–Trinajstić information content (AvgIpc) is 3.15. The predicted octanol–water partition coefficient (Wildman–Crippen LogP) is 6.24. The molecule has 0 aromatic heterocycles. The molecule has 0 bridgehead atoms. The van der Waals surface area contributed by atoms with Crippen LogP contribution in [0.1, 0.15) is 53.9 Å². The predicted molar refractivity (Wildman–Crippen MR) is 146 cm³/mol. The molecule has 1 unspecified atom stereocenters. The van der Waals surface area contributed by atoms with E-state index in [1.807, 2.05) is 25.1 Å². The molecule has 1 aliphatic heterocycles. The maximum Gasteiger partial charge on any atom is 0.338 e. The fourth-order valence-corrected chi connectivity index (χ4v) is 4.56. The highest BCUT2D eigenvalue weighted by atomic mass is 35.5. The molecule has 1 saturated heterocycles. The first kappa shape index (κ1) is 26.9. The number of amides is 1. The van der Waals surface area contributed by atoms with Crippen molar-refractivity contribution in [2.75, 3.05) is 11.5 Å². The van der Waals surface area contributed by atoms with Gasteiger partial charge in [-0.1, -0.05) is 47.5 Å². The van der Waals surface area contributed by atoms with Gasteiger partial charge in [-0.3, -0.25) is 14.5 Å². The van der Waals surface area contributed by atoms with Gasteiger partial charge in [0.05, 0.1) is 34.9 Å². The fraction of sp³-hybridized carbons (Fsp3) is 0.233. The second-order valence-corrected chi connectivity index (χ2v) is 9.57. The number of halogens is 1. The first-order valence-corrected chi connectivity index (χ1v) is 12.6. The number of rotatable bonds is 7. The molecular formula is C30H28ClNO6. The van der Waals surface area contributed by atoms with Gasteiger partial charge in [0.2, 0.25) is 0 Å². The smallest absolute Gasteiger partial charge is 0.338 e. The quantitative estimate of drug-likeness (QED) is 0.167. The van der Waals surface area contributed by atoms with Crippen molar-refractivity contribution in [1.82, 2.24) is 0 Å². The van der Waals surface area contributed by atoms with E-state index in [-0.39, 0.29) is 28.6 Å². The van der Waals surface area contributed by atoms with Crippen LogP contribution in [0.5, 0.6) is 5.75 Å². The van der Waals surface area contributed by atoms with E-state index >= 15 is 0 Å². The lowest BCUT2D eigenvalue weighted by Crippen LogP contribution is -2.29. The molecule has 1 heterocycles. The van der Waals surface area contributed by atoms with Gasteiger partial charge in [-0.25, -0.2) is 4.79 Å². The van der Waals surface area contributed by atoms with Crippen molar-refractivity contribution in [3.8, 4) is 5.75 Å². The normalized spacial score (nSPS) is 16.7. The number of aryl methyl sites for hydroxylation is 1. The summed E-state index contributed by atoms with van der Waals surface area (Å²) in [4.78, 5) is 40.8. The van der Waals surface area contributed by atoms with Crippen LogP contribution in [0.2, 0.25) is 5.02 Å². The highest BCUT2D eigenvalue weighted by molar-refractivity contribution is 6.51. The molecule has 7 nitrogen and oxygen atoms in total. The number of aliphatic hydroxyl groups is 1. The Labute approximate surface area is 226 Å². The summed E-state index contributed by atoms with van der Waals surface area (Å²) in [6.45, 7) is 7.54. The summed E-state index contributed by atoms with van der Waals surface area (Å²) in [6, 6.07) is 17.4. The van der Waals surface area contributed by atoms with Crippen LogP contribution in [-0.2, 0) is 14.3 Å². The van der Waals surface area contributed by atoms with Gasteiger partial charge in [0, 0.05) is 11.3 Å². The second-order valence-electron chi connectivity index (χ2n) is 9.17. The van der Waals surface area contributed by atoms with Crippen molar-refractivity contribution in [2.45, 2.75) is 39.8 Å². The standard InChI is InChI=1S/C30H28ClNO6/c1-5-37-24-16-20(12-13-23(24)31)27(33)25-26(19-9-6-8-18(4)14-19)32(29(35)28(25)34)22-11-7-10-21(15-22)30(36)38-17(2)3/h6-17,26,33H,5H2,1-4H3/b27-25+. The Morgan fingerprint density at radius 2 is 1.76 bits per heavy atom. The number of carbonyl (C=O) groups is 3. The van der Waals surface area contributed by atoms with Crippen molar-refractivity contribution in [1.29, 1.82) is 0 Å².